The number of amides is 2. The molecule has 1 aromatic carbocycles. The van der Waals surface area contributed by atoms with Crippen molar-refractivity contribution in [2.45, 2.75) is 31.8 Å². The van der Waals surface area contributed by atoms with Crippen LogP contribution in [0.25, 0.3) is 5.69 Å². The van der Waals surface area contributed by atoms with E-state index in [0.717, 1.165) is 18.5 Å². The zero-order valence-electron chi connectivity index (χ0n) is 14.5. The molecular weight excluding hydrogens is 336 g/mol. The quantitative estimate of drug-likeness (QED) is 0.864. The molecule has 2 aromatic rings. The van der Waals surface area contributed by atoms with Crippen LogP contribution in [0.5, 0.6) is 0 Å². The number of nitrogens with zero attached hydrogens (tertiary/aromatic N) is 5. The minimum absolute atomic E-state index is 0.0353. The second-order valence-electron chi connectivity index (χ2n) is 6.76. The van der Waals surface area contributed by atoms with Crippen LogP contribution in [0.3, 0.4) is 0 Å². The van der Waals surface area contributed by atoms with E-state index in [-0.39, 0.29) is 12.0 Å². The molecule has 3 heterocycles. The third-order valence-electron chi connectivity index (χ3n) is 5.01. The average molecular weight is 356 g/mol. The van der Waals surface area contributed by atoms with Gasteiger partial charge in [0.15, 0.2) is 5.82 Å². The van der Waals surface area contributed by atoms with E-state index >= 15 is 0 Å². The van der Waals surface area contributed by atoms with Crippen LogP contribution in [0, 0.1) is 6.92 Å². The number of rotatable bonds is 2. The lowest BCUT2D eigenvalue weighted by Gasteiger charge is -2.25. The van der Waals surface area contributed by atoms with Gasteiger partial charge in [-0.2, -0.15) is 4.68 Å². The van der Waals surface area contributed by atoms with Gasteiger partial charge in [0, 0.05) is 25.1 Å². The van der Waals surface area contributed by atoms with Gasteiger partial charge in [-0.25, -0.2) is 4.79 Å². The number of nitrogens with one attached hydrogen (secondary N) is 1. The predicted molar refractivity (Wildman–Crippen MR) is 90.9 cm³/mol. The molecule has 26 heavy (non-hydrogen) atoms. The molecule has 0 unspecified atom stereocenters. The standard InChI is InChI=1S/C17H20N6O3/c1-12-19-20-21-23(12)14-5-2-4-13(10-14)15(24)22-8-3-6-17(7-9-22)11-18-16(25)26-17/h2,4-5,10H,3,6-9,11H2,1H3,(H,18,25)/t17-/m0/s1. The number of aryl methyl sites for hydroxylation is 1. The molecule has 1 atom stereocenters. The Morgan fingerprint density at radius 3 is 2.92 bits per heavy atom. The van der Waals surface area contributed by atoms with E-state index < -0.39 is 5.60 Å². The zero-order valence-corrected chi connectivity index (χ0v) is 14.5. The van der Waals surface area contributed by atoms with Gasteiger partial charge in [-0.1, -0.05) is 6.07 Å². The first-order chi connectivity index (χ1) is 12.6. The molecule has 9 nitrogen and oxygen atoms in total. The molecule has 2 amide bonds. The second kappa shape index (κ2) is 6.40. The third kappa shape index (κ3) is 3.00. The van der Waals surface area contributed by atoms with Crippen molar-refractivity contribution in [3.05, 3.63) is 35.7 Å². The fraction of sp³-hybridized carbons (Fsp3) is 0.471. The maximum atomic E-state index is 13.0. The van der Waals surface area contributed by atoms with Gasteiger partial charge in [0.2, 0.25) is 0 Å². The van der Waals surface area contributed by atoms with Crippen molar-refractivity contribution in [2.24, 2.45) is 0 Å². The fourth-order valence-electron chi connectivity index (χ4n) is 3.58. The number of aromatic nitrogens is 4. The van der Waals surface area contributed by atoms with Crippen LogP contribution in [0.15, 0.2) is 24.3 Å². The Labute approximate surface area is 150 Å². The van der Waals surface area contributed by atoms with Crippen LogP contribution in [-0.4, -0.2) is 62.3 Å². The number of ether oxygens (including phenoxy) is 1. The SMILES string of the molecule is Cc1nnnn1-c1cccc(C(=O)N2CCC[C@]3(CC2)CNC(=O)O3)c1. The lowest BCUT2D eigenvalue weighted by molar-refractivity contribution is 0.0438. The summed E-state index contributed by atoms with van der Waals surface area (Å²) in [5.74, 6) is 0.619. The van der Waals surface area contributed by atoms with Gasteiger partial charge < -0.3 is 15.0 Å². The van der Waals surface area contributed by atoms with E-state index in [9.17, 15) is 9.59 Å². The van der Waals surface area contributed by atoms with Crippen molar-refractivity contribution in [1.29, 1.82) is 0 Å². The minimum atomic E-state index is -0.475. The normalized spacial score (nSPS) is 22.8. The summed E-state index contributed by atoms with van der Waals surface area (Å²) in [6.45, 7) is 3.52. The first-order valence-corrected chi connectivity index (χ1v) is 8.68. The second-order valence-corrected chi connectivity index (χ2v) is 6.76. The number of likely N-dealkylation sites (tertiary alicyclic amines) is 1. The van der Waals surface area contributed by atoms with E-state index in [4.69, 9.17) is 4.74 Å². The molecule has 2 saturated heterocycles. The molecule has 136 valence electrons. The van der Waals surface area contributed by atoms with Crippen molar-refractivity contribution < 1.29 is 14.3 Å². The average Bonchev–Trinajstić information content (AvgIpc) is 3.16. The van der Waals surface area contributed by atoms with Gasteiger partial charge in [-0.15, -0.1) is 5.10 Å². The molecule has 2 fully saturated rings. The summed E-state index contributed by atoms with van der Waals surface area (Å²) in [6.07, 6.45) is 1.84. The highest BCUT2D eigenvalue weighted by Gasteiger charge is 2.41. The lowest BCUT2D eigenvalue weighted by atomic mass is 9.95. The first-order valence-electron chi connectivity index (χ1n) is 8.68. The van der Waals surface area contributed by atoms with Crippen LogP contribution < -0.4 is 5.32 Å². The summed E-state index contributed by atoms with van der Waals surface area (Å²) in [6, 6.07) is 7.28. The van der Waals surface area contributed by atoms with Crippen molar-refractivity contribution in [3.8, 4) is 5.69 Å². The molecule has 9 heteroatoms. The summed E-state index contributed by atoms with van der Waals surface area (Å²) < 4.78 is 7.07. The molecule has 0 saturated carbocycles. The predicted octanol–water partition coefficient (Wildman–Crippen LogP) is 1.08. The number of alkyl carbamates (subject to hydrolysis) is 1. The van der Waals surface area contributed by atoms with Crippen LogP contribution in [0.4, 0.5) is 4.79 Å². The van der Waals surface area contributed by atoms with Gasteiger partial charge in [-0.05, 0) is 48.4 Å². The van der Waals surface area contributed by atoms with Crippen LogP contribution in [0.2, 0.25) is 0 Å². The lowest BCUT2D eigenvalue weighted by Crippen LogP contribution is -2.36. The summed E-state index contributed by atoms with van der Waals surface area (Å²) in [5.41, 5.74) is 0.866. The molecule has 0 radical (unpaired) electrons. The topological polar surface area (TPSA) is 102 Å². The highest BCUT2D eigenvalue weighted by molar-refractivity contribution is 5.94. The zero-order chi connectivity index (χ0) is 18.1. The van der Waals surface area contributed by atoms with Crippen molar-refractivity contribution >= 4 is 12.0 Å². The molecular formula is C17H20N6O3. The van der Waals surface area contributed by atoms with Gasteiger partial charge in [0.1, 0.15) is 5.60 Å². The van der Waals surface area contributed by atoms with E-state index in [1.54, 1.807) is 23.7 Å². The van der Waals surface area contributed by atoms with Crippen LogP contribution >= 0.6 is 0 Å². The Balaban J connectivity index is 1.51. The highest BCUT2D eigenvalue weighted by atomic mass is 16.6. The summed E-state index contributed by atoms with van der Waals surface area (Å²) in [5, 5.41) is 14.2. The molecule has 1 aromatic heterocycles. The van der Waals surface area contributed by atoms with Crippen molar-refractivity contribution in [1.82, 2.24) is 30.4 Å². The number of carbonyl (C=O) groups is 2. The molecule has 0 bridgehead atoms. The van der Waals surface area contributed by atoms with Gasteiger partial charge in [0.25, 0.3) is 5.91 Å². The van der Waals surface area contributed by atoms with Crippen LogP contribution in [0.1, 0.15) is 35.4 Å². The smallest absolute Gasteiger partial charge is 0.407 e. The third-order valence-corrected chi connectivity index (χ3v) is 5.01. The molecule has 4 rings (SSSR count). The fourth-order valence-corrected chi connectivity index (χ4v) is 3.58. The van der Waals surface area contributed by atoms with Gasteiger partial charge in [-0.3, -0.25) is 4.79 Å². The van der Waals surface area contributed by atoms with Crippen molar-refractivity contribution in [2.75, 3.05) is 19.6 Å². The molecule has 0 aliphatic carbocycles. The van der Waals surface area contributed by atoms with E-state index in [1.807, 2.05) is 17.0 Å². The Hall–Kier alpha value is -2.97. The summed E-state index contributed by atoms with van der Waals surface area (Å²) in [4.78, 5) is 26.2. The number of benzene rings is 1. The number of hydrogen-bond donors (Lipinski definition) is 1. The van der Waals surface area contributed by atoms with Gasteiger partial charge >= 0.3 is 6.09 Å². The Morgan fingerprint density at radius 2 is 2.19 bits per heavy atom. The summed E-state index contributed by atoms with van der Waals surface area (Å²) in [7, 11) is 0. The number of carbonyl (C=O) groups excluding carboxylic acids is 2. The first kappa shape index (κ1) is 16.5. The maximum Gasteiger partial charge on any atom is 0.407 e. The van der Waals surface area contributed by atoms with Crippen molar-refractivity contribution in [3.63, 3.8) is 0 Å². The van der Waals surface area contributed by atoms with E-state index in [1.165, 1.54) is 0 Å². The van der Waals surface area contributed by atoms with Crippen LogP contribution in [-0.2, 0) is 4.74 Å². The minimum Gasteiger partial charge on any atom is -0.441 e. The molecule has 1 spiro atoms. The molecule has 1 N–H and O–H groups in total. The monoisotopic (exact) mass is 356 g/mol. The molecule has 2 aliphatic rings. The van der Waals surface area contributed by atoms with E-state index in [2.05, 4.69) is 20.8 Å². The Morgan fingerprint density at radius 1 is 1.31 bits per heavy atom. The number of hydrogen-bond acceptors (Lipinski definition) is 6. The Bertz CT molecular complexity index is 851. The van der Waals surface area contributed by atoms with E-state index in [0.29, 0.717) is 37.4 Å². The largest absolute Gasteiger partial charge is 0.441 e. The van der Waals surface area contributed by atoms with Gasteiger partial charge in [0.05, 0.1) is 12.2 Å². The Kier molecular flexibility index (Phi) is 4.06. The molecule has 2 aliphatic heterocycles. The number of tetrazole rings is 1. The maximum absolute atomic E-state index is 13.0. The summed E-state index contributed by atoms with van der Waals surface area (Å²) >= 11 is 0. The highest BCUT2D eigenvalue weighted by Crippen LogP contribution is 2.29.